The third-order valence-electron chi connectivity index (χ3n) is 2.53. The average molecular weight is 229 g/mol. The minimum absolute atomic E-state index is 0.272. The fourth-order valence-corrected chi connectivity index (χ4v) is 1.71. The van der Waals surface area contributed by atoms with Crippen molar-refractivity contribution in [1.29, 1.82) is 0 Å². The van der Waals surface area contributed by atoms with Gasteiger partial charge in [-0.05, 0) is 47.9 Å². The minimum atomic E-state index is 0.272. The van der Waals surface area contributed by atoms with Gasteiger partial charge in [-0.2, -0.15) is 0 Å². The molecule has 0 saturated heterocycles. The van der Waals surface area contributed by atoms with Gasteiger partial charge in [0.2, 0.25) is 0 Å². The molecule has 0 spiro atoms. The monoisotopic (exact) mass is 229 g/mol. The van der Waals surface area contributed by atoms with Crippen molar-refractivity contribution in [2.24, 2.45) is 0 Å². The van der Waals surface area contributed by atoms with Crippen LogP contribution >= 0.6 is 0 Å². The zero-order chi connectivity index (χ0) is 12.1. The second-order valence-electron chi connectivity index (χ2n) is 3.76. The van der Waals surface area contributed by atoms with E-state index in [2.05, 4.69) is 18.0 Å². The second-order valence-corrected chi connectivity index (χ2v) is 3.76. The number of ether oxygens (including phenoxy) is 2. The lowest BCUT2D eigenvalue weighted by atomic mass is 10.0. The molecule has 2 aromatic rings. The molecule has 0 aliphatic heterocycles. The van der Waals surface area contributed by atoms with E-state index in [0.717, 1.165) is 11.3 Å². The number of aryl methyl sites for hydroxylation is 1. The Balaban J connectivity index is 2.26. The highest BCUT2D eigenvalue weighted by Gasteiger charge is 2.03. The van der Waals surface area contributed by atoms with E-state index < -0.39 is 0 Å². The zero-order valence-corrected chi connectivity index (χ0v) is 10.0. The number of aromatic nitrogens is 1. The third kappa shape index (κ3) is 2.82. The number of pyridine rings is 1. The van der Waals surface area contributed by atoms with Crippen LogP contribution in [0.3, 0.4) is 0 Å². The Morgan fingerprint density at radius 3 is 2.53 bits per heavy atom. The molecule has 0 fully saturated rings. The molecule has 0 bridgehead atoms. The smallest absolute Gasteiger partial charge is 0.188 e. The largest absolute Gasteiger partial charge is 0.468 e. The Bertz CT molecular complexity index is 483. The summed E-state index contributed by atoms with van der Waals surface area (Å²) in [5, 5.41) is 0. The van der Waals surface area contributed by atoms with E-state index in [4.69, 9.17) is 9.47 Å². The number of benzene rings is 1. The summed E-state index contributed by atoms with van der Waals surface area (Å²) < 4.78 is 10.3. The second kappa shape index (κ2) is 5.46. The summed E-state index contributed by atoms with van der Waals surface area (Å²) in [6.45, 7) is 2.34. The SMILES string of the molecule is COCOc1ccc(-c2ccncc2)c(C)c1. The fraction of sp³-hybridized carbons (Fsp3) is 0.214. The molecule has 88 valence electrons. The summed E-state index contributed by atoms with van der Waals surface area (Å²) in [7, 11) is 1.61. The molecular formula is C14H15NO2. The first-order valence-corrected chi connectivity index (χ1v) is 5.44. The Morgan fingerprint density at radius 2 is 1.88 bits per heavy atom. The first-order valence-electron chi connectivity index (χ1n) is 5.44. The van der Waals surface area contributed by atoms with Crippen molar-refractivity contribution in [3.05, 3.63) is 48.3 Å². The van der Waals surface area contributed by atoms with Gasteiger partial charge in [-0.1, -0.05) is 6.07 Å². The molecule has 0 aliphatic rings. The zero-order valence-electron chi connectivity index (χ0n) is 10.0. The molecule has 0 amide bonds. The standard InChI is InChI=1S/C14H15NO2/c1-11-9-13(17-10-16-2)3-4-14(11)12-5-7-15-8-6-12/h3-9H,10H2,1-2H3. The number of hydrogen-bond donors (Lipinski definition) is 0. The van der Waals surface area contributed by atoms with E-state index in [-0.39, 0.29) is 6.79 Å². The molecular weight excluding hydrogens is 214 g/mol. The number of methoxy groups -OCH3 is 1. The number of rotatable bonds is 4. The summed E-state index contributed by atoms with van der Waals surface area (Å²) in [6.07, 6.45) is 3.59. The summed E-state index contributed by atoms with van der Waals surface area (Å²) in [5.41, 5.74) is 3.53. The molecule has 0 N–H and O–H groups in total. The molecule has 0 aliphatic carbocycles. The van der Waals surface area contributed by atoms with Crippen LogP contribution < -0.4 is 4.74 Å². The van der Waals surface area contributed by atoms with Crippen LogP contribution in [-0.2, 0) is 4.74 Å². The van der Waals surface area contributed by atoms with Gasteiger partial charge in [0.25, 0.3) is 0 Å². The molecule has 2 rings (SSSR count). The predicted molar refractivity (Wildman–Crippen MR) is 66.9 cm³/mol. The normalized spacial score (nSPS) is 10.2. The molecule has 1 heterocycles. The Hall–Kier alpha value is -1.87. The van der Waals surface area contributed by atoms with Crippen LogP contribution in [0.5, 0.6) is 5.75 Å². The van der Waals surface area contributed by atoms with Gasteiger partial charge in [-0.15, -0.1) is 0 Å². The number of hydrogen-bond acceptors (Lipinski definition) is 3. The van der Waals surface area contributed by atoms with Crippen LogP contribution in [0.4, 0.5) is 0 Å². The van der Waals surface area contributed by atoms with Crippen LogP contribution in [-0.4, -0.2) is 18.9 Å². The Labute approximate surface area is 101 Å². The minimum Gasteiger partial charge on any atom is -0.468 e. The fourth-order valence-electron chi connectivity index (χ4n) is 1.71. The summed E-state index contributed by atoms with van der Waals surface area (Å²) in [5.74, 6) is 0.821. The van der Waals surface area contributed by atoms with Gasteiger partial charge in [0.05, 0.1) is 0 Å². The molecule has 0 radical (unpaired) electrons. The van der Waals surface area contributed by atoms with Gasteiger partial charge < -0.3 is 9.47 Å². The van der Waals surface area contributed by atoms with Gasteiger partial charge in [-0.3, -0.25) is 4.98 Å². The van der Waals surface area contributed by atoms with Crippen molar-refractivity contribution in [3.8, 4) is 16.9 Å². The third-order valence-corrected chi connectivity index (χ3v) is 2.53. The van der Waals surface area contributed by atoms with Crippen LogP contribution in [0.1, 0.15) is 5.56 Å². The van der Waals surface area contributed by atoms with Crippen LogP contribution in [0, 0.1) is 6.92 Å². The van der Waals surface area contributed by atoms with Crippen molar-refractivity contribution in [2.75, 3.05) is 13.9 Å². The molecule has 0 saturated carbocycles. The van der Waals surface area contributed by atoms with Crippen molar-refractivity contribution < 1.29 is 9.47 Å². The average Bonchev–Trinajstić information content (AvgIpc) is 2.37. The highest BCUT2D eigenvalue weighted by Crippen LogP contribution is 2.26. The van der Waals surface area contributed by atoms with Crippen LogP contribution in [0.2, 0.25) is 0 Å². The molecule has 17 heavy (non-hydrogen) atoms. The first-order chi connectivity index (χ1) is 8.31. The molecule has 1 aromatic heterocycles. The highest BCUT2D eigenvalue weighted by molar-refractivity contribution is 5.67. The molecule has 3 nitrogen and oxygen atoms in total. The van der Waals surface area contributed by atoms with Crippen molar-refractivity contribution in [3.63, 3.8) is 0 Å². The van der Waals surface area contributed by atoms with Gasteiger partial charge in [-0.25, -0.2) is 0 Å². The molecule has 1 aromatic carbocycles. The molecule has 0 unspecified atom stereocenters. The highest BCUT2D eigenvalue weighted by atomic mass is 16.7. The van der Waals surface area contributed by atoms with Gasteiger partial charge in [0, 0.05) is 19.5 Å². The van der Waals surface area contributed by atoms with E-state index in [1.165, 1.54) is 11.1 Å². The van der Waals surface area contributed by atoms with Crippen molar-refractivity contribution >= 4 is 0 Å². The lowest BCUT2D eigenvalue weighted by Crippen LogP contribution is -1.99. The predicted octanol–water partition coefficient (Wildman–Crippen LogP) is 3.04. The maximum atomic E-state index is 5.39. The summed E-state index contributed by atoms with van der Waals surface area (Å²) in [6, 6.07) is 10.0. The molecule has 3 heteroatoms. The Morgan fingerprint density at radius 1 is 1.12 bits per heavy atom. The van der Waals surface area contributed by atoms with E-state index >= 15 is 0 Å². The maximum Gasteiger partial charge on any atom is 0.188 e. The molecule has 0 atom stereocenters. The first kappa shape index (κ1) is 11.6. The van der Waals surface area contributed by atoms with E-state index in [9.17, 15) is 0 Å². The topological polar surface area (TPSA) is 31.4 Å². The van der Waals surface area contributed by atoms with Crippen molar-refractivity contribution in [2.45, 2.75) is 6.92 Å². The van der Waals surface area contributed by atoms with E-state index in [0.29, 0.717) is 0 Å². The summed E-state index contributed by atoms with van der Waals surface area (Å²) in [4.78, 5) is 4.02. The van der Waals surface area contributed by atoms with E-state index in [1.807, 2.05) is 24.3 Å². The quantitative estimate of drug-likeness (QED) is 0.755. The van der Waals surface area contributed by atoms with Crippen LogP contribution in [0.25, 0.3) is 11.1 Å². The lowest BCUT2D eigenvalue weighted by Gasteiger charge is -2.09. The number of nitrogens with zero attached hydrogens (tertiary/aromatic N) is 1. The summed E-state index contributed by atoms with van der Waals surface area (Å²) >= 11 is 0. The van der Waals surface area contributed by atoms with Gasteiger partial charge in [0.1, 0.15) is 5.75 Å². The Kier molecular flexibility index (Phi) is 3.73. The van der Waals surface area contributed by atoms with E-state index in [1.54, 1.807) is 19.5 Å². The van der Waals surface area contributed by atoms with Crippen molar-refractivity contribution in [1.82, 2.24) is 4.98 Å². The lowest BCUT2D eigenvalue weighted by molar-refractivity contribution is 0.0511. The van der Waals surface area contributed by atoms with Gasteiger partial charge >= 0.3 is 0 Å². The van der Waals surface area contributed by atoms with Crippen LogP contribution in [0.15, 0.2) is 42.7 Å². The van der Waals surface area contributed by atoms with Gasteiger partial charge in [0.15, 0.2) is 6.79 Å². The maximum absolute atomic E-state index is 5.39.